The number of carbonyl (C=O) groups is 1. The zero-order valence-electron chi connectivity index (χ0n) is 17.4. The predicted molar refractivity (Wildman–Crippen MR) is 104 cm³/mol. The van der Waals surface area contributed by atoms with Gasteiger partial charge < -0.3 is 19.3 Å². The van der Waals surface area contributed by atoms with E-state index in [4.69, 9.17) is 14.6 Å². The Morgan fingerprint density at radius 1 is 1.22 bits per heavy atom. The maximum atomic E-state index is 13.1. The molecule has 2 aliphatic heterocycles. The first kappa shape index (κ1) is 23.9. The Labute approximate surface area is 181 Å². The molecule has 2 aliphatic rings. The molecular weight excluding hydrogens is 436 g/mol. The first-order chi connectivity index (χ1) is 15.1. The van der Waals surface area contributed by atoms with E-state index < -0.39 is 18.0 Å². The highest BCUT2D eigenvalue weighted by atomic mass is 19.4. The third-order valence-corrected chi connectivity index (χ3v) is 5.29. The molecule has 4 heterocycles. The molecule has 4 rings (SSSR count). The summed E-state index contributed by atoms with van der Waals surface area (Å²) in [6.45, 7) is 4.90. The molecule has 0 bridgehead atoms. The molecule has 2 aromatic heterocycles. The lowest BCUT2D eigenvalue weighted by Gasteiger charge is -2.48. The smallest absolute Gasteiger partial charge is 0.475 e. The standard InChI is InChI=1S/C17H23FN6O.C2HF3O2/c1-22-6-4-19-15(22)11-23-7-8-25-17(12-23)3-2-5-24(13-17)16-20-9-14(18)10-21-16;3-2(4,5)1(6)7/h4,6,9-10H,2-3,5,7-8,11-13H2,1H3;(H,6,7). The van der Waals surface area contributed by atoms with Crippen LogP contribution < -0.4 is 4.90 Å². The Hall–Kier alpha value is -2.80. The number of carboxylic acids is 1. The largest absolute Gasteiger partial charge is 0.490 e. The summed E-state index contributed by atoms with van der Waals surface area (Å²) >= 11 is 0. The molecule has 9 nitrogen and oxygen atoms in total. The van der Waals surface area contributed by atoms with Crippen molar-refractivity contribution in [3.05, 3.63) is 36.4 Å². The highest BCUT2D eigenvalue weighted by Crippen LogP contribution is 2.31. The Morgan fingerprint density at radius 3 is 2.50 bits per heavy atom. The van der Waals surface area contributed by atoms with E-state index in [1.165, 1.54) is 12.4 Å². The van der Waals surface area contributed by atoms with E-state index in [-0.39, 0.29) is 5.60 Å². The van der Waals surface area contributed by atoms with Crippen LogP contribution >= 0.6 is 0 Å². The van der Waals surface area contributed by atoms with E-state index in [0.29, 0.717) is 12.6 Å². The van der Waals surface area contributed by atoms with Crippen molar-refractivity contribution in [2.24, 2.45) is 7.05 Å². The van der Waals surface area contributed by atoms with Gasteiger partial charge in [-0.15, -0.1) is 0 Å². The minimum atomic E-state index is -5.08. The molecule has 1 N–H and O–H groups in total. The van der Waals surface area contributed by atoms with Crippen molar-refractivity contribution in [1.29, 1.82) is 0 Å². The number of hydrogen-bond donors (Lipinski definition) is 1. The Morgan fingerprint density at radius 2 is 1.91 bits per heavy atom. The third-order valence-electron chi connectivity index (χ3n) is 5.29. The minimum absolute atomic E-state index is 0.223. The van der Waals surface area contributed by atoms with Crippen LogP contribution in [0.5, 0.6) is 0 Å². The SMILES string of the molecule is Cn1ccnc1CN1CCOC2(CCCN(c3ncc(F)cn3)C2)C1.O=C(O)C(F)(F)F. The summed E-state index contributed by atoms with van der Waals surface area (Å²) in [6.07, 6.45) is 3.19. The molecule has 13 heteroatoms. The van der Waals surface area contributed by atoms with Gasteiger partial charge in [0.2, 0.25) is 5.95 Å². The lowest BCUT2D eigenvalue weighted by Crippen LogP contribution is -2.60. The number of anilines is 1. The van der Waals surface area contributed by atoms with Gasteiger partial charge in [0.1, 0.15) is 5.82 Å². The topological polar surface area (TPSA) is 96.6 Å². The molecule has 0 saturated carbocycles. The van der Waals surface area contributed by atoms with Crippen molar-refractivity contribution in [3.8, 4) is 0 Å². The summed E-state index contributed by atoms with van der Waals surface area (Å²) in [5.74, 6) is -1.53. The number of hydrogen-bond acceptors (Lipinski definition) is 7. The summed E-state index contributed by atoms with van der Waals surface area (Å²) in [5.41, 5.74) is -0.223. The molecular formula is C19H24F4N6O3. The number of piperidine rings is 1. The van der Waals surface area contributed by atoms with Crippen LogP contribution in [-0.2, 0) is 23.1 Å². The second-order valence-electron chi connectivity index (χ2n) is 7.73. The molecule has 32 heavy (non-hydrogen) atoms. The van der Waals surface area contributed by atoms with Gasteiger partial charge in [0.15, 0.2) is 5.82 Å². The summed E-state index contributed by atoms with van der Waals surface area (Å²) in [5, 5.41) is 7.12. The molecule has 0 aromatic carbocycles. The van der Waals surface area contributed by atoms with E-state index in [1.54, 1.807) is 0 Å². The van der Waals surface area contributed by atoms with Crippen molar-refractivity contribution < 1.29 is 32.2 Å². The number of aliphatic carboxylic acids is 1. The number of aryl methyl sites for hydroxylation is 1. The fraction of sp³-hybridized carbons (Fsp3) is 0.579. The second kappa shape index (κ2) is 9.77. The molecule has 1 spiro atoms. The highest BCUT2D eigenvalue weighted by Gasteiger charge is 2.41. The molecule has 2 fully saturated rings. The molecule has 176 valence electrons. The van der Waals surface area contributed by atoms with Crippen LogP contribution in [0.25, 0.3) is 0 Å². The van der Waals surface area contributed by atoms with Gasteiger partial charge in [-0.3, -0.25) is 4.90 Å². The number of ether oxygens (including phenoxy) is 1. The first-order valence-corrected chi connectivity index (χ1v) is 9.93. The maximum Gasteiger partial charge on any atom is 0.490 e. The van der Waals surface area contributed by atoms with E-state index in [0.717, 1.165) is 51.4 Å². The lowest BCUT2D eigenvalue weighted by molar-refractivity contribution is -0.192. The number of carboxylic acid groups (broad SMARTS) is 1. The second-order valence-corrected chi connectivity index (χ2v) is 7.73. The van der Waals surface area contributed by atoms with Crippen molar-refractivity contribution in [2.75, 3.05) is 37.7 Å². The van der Waals surface area contributed by atoms with Crippen LogP contribution in [0.4, 0.5) is 23.5 Å². The van der Waals surface area contributed by atoms with Crippen molar-refractivity contribution in [2.45, 2.75) is 31.2 Å². The molecule has 2 saturated heterocycles. The highest BCUT2D eigenvalue weighted by molar-refractivity contribution is 5.73. The van der Waals surface area contributed by atoms with E-state index in [1.807, 2.05) is 19.4 Å². The number of nitrogens with zero attached hydrogens (tertiary/aromatic N) is 6. The lowest BCUT2D eigenvalue weighted by atomic mass is 9.91. The van der Waals surface area contributed by atoms with Gasteiger partial charge in [-0.25, -0.2) is 24.1 Å². The molecule has 1 unspecified atom stereocenters. The van der Waals surface area contributed by atoms with Crippen LogP contribution in [0, 0.1) is 5.82 Å². The first-order valence-electron chi connectivity index (χ1n) is 9.93. The monoisotopic (exact) mass is 460 g/mol. The zero-order valence-corrected chi connectivity index (χ0v) is 17.4. The van der Waals surface area contributed by atoms with Crippen molar-refractivity contribution >= 4 is 11.9 Å². The number of halogens is 4. The normalized spacial score (nSPS) is 21.8. The van der Waals surface area contributed by atoms with Crippen LogP contribution in [-0.4, -0.2) is 80.1 Å². The van der Waals surface area contributed by atoms with Crippen LogP contribution in [0.1, 0.15) is 18.7 Å². The average molecular weight is 460 g/mol. The fourth-order valence-corrected chi connectivity index (χ4v) is 3.79. The number of imidazole rings is 1. The predicted octanol–water partition coefficient (Wildman–Crippen LogP) is 1.85. The molecule has 0 radical (unpaired) electrons. The van der Waals surface area contributed by atoms with Gasteiger partial charge in [-0.05, 0) is 12.8 Å². The Kier molecular flexibility index (Phi) is 7.29. The molecule has 2 aromatic rings. The summed E-state index contributed by atoms with van der Waals surface area (Å²) in [7, 11) is 2.02. The minimum Gasteiger partial charge on any atom is -0.475 e. The zero-order chi connectivity index (χ0) is 23.4. The van der Waals surface area contributed by atoms with Gasteiger partial charge in [0.25, 0.3) is 0 Å². The van der Waals surface area contributed by atoms with Crippen molar-refractivity contribution in [3.63, 3.8) is 0 Å². The average Bonchev–Trinajstić information content (AvgIpc) is 3.13. The van der Waals surface area contributed by atoms with Gasteiger partial charge in [-0.2, -0.15) is 13.2 Å². The summed E-state index contributed by atoms with van der Waals surface area (Å²) < 4.78 is 53.1. The number of aromatic nitrogens is 4. The van der Waals surface area contributed by atoms with Crippen LogP contribution in [0.2, 0.25) is 0 Å². The Bertz CT molecular complexity index is 903. The van der Waals surface area contributed by atoms with E-state index in [2.05, 4.69) is 29.3 Å². The van der Waals surface area contributed by atoms with Gasteiger partial charge in [-0.1, -0.05) is 0 Å². The maximum absolute atomic E-state index is 13.1. The van der Waals surface area contributed by atoms with Crippen LogP contribution in [0.15, 0.2) is 24.8 Å². The Balaban J connectivity index is 0.000000360. The molecule has 1 atom stereocenters. The summed E-state index contributed by atoms with van der Waals surface area (Å²) in [4.78, 5) is 26.1. The van der Waals surface area contributed by atoms with E-state index >= 15 is 0 Å². The van der Waals surface area contributed by atoms with Gasteiger partial charge in [0.05, 0.1) is 37.7 Å². The van der Waals surface area contributed by atoms with Crippen LogP contribution in [0.3, 0.4) is 0 Å². The molecule has 0 amide bonds. The number of rotatable bonds is 3. The molecule has 0 aliphatic carbocycles. The third kappa shape index (κ3) is 6.13. The quantitative estimate of drug-likeness (QED) is 0.694. The summed E-state index contributed by atoms with van der Waals surface area (Å²) in [6, 6.07) is 0. The number of alkyl halides is 3. The van der Waals surface area contributed by atoms with Gasteiger partial charge in [0, 0.05) is 39.1 Å². The van der Waals surface area contributed by atoms with E-state index in [9.17, 15) is 17.6 Å². The fourth-order valence-electron chi connectivity index (χ4n) is 3.79. The number of morpholine rings is 1. The van der Waals surface area contributed by atoms with Gasteiger partial charge >= 0.3 is 12.1 Å². The van der Waals surface area contributed by atoms with Crippen molar-refractivity contribution in [1.82, 2.24) is 24.4 Å².